The number of aliphatic hydroxyl groups is 1. The van der Waals surface area contributed by atoms with Crippen LogP contribution in [-0.4, -0.2) is 17.0 Å². The quantitative estimate of drug-likeness (QED) is 0.537. The first-order chi connectivity index (χ1) is 3.81. The van der Waals surface area contributed by atoms with Gasteiger partial charge in [0.1, 0.15) is 5.60 Å². The molecule has 0 aliphatic heterocycles. The van der Waals surface area contributed by atoms with Crippen LogP contribution in [0.15, 0.2) is 0 Å². The summed E-state index contributed by atoms with van der Waals surface area (Å²) in [5.41, 5.74) is -1.57. The second kappa shape index (κ2) is 2.10. The standard InChI is InChI=1S/C7H14O2/c1-6(2,3)7(4,9)5-8/h5,9H,1-4H3/t7-/m0/s1. The van der Waals surface area contributed by atoms with Crippen LogP contribution in [0.1, 0.15) is 27.7 Å². The molecule has 0 aromatic heterocycles. The van der Waals surface area contributed by atoms with Crippen molar-refractivity contribution in [3.8, 4) is 0 Å². The lowest BCUT2D eigenvalue weighted by Gasteiger charge is -2.31. The average Bonchev–Trinajstić information content (AvgIpc) is 1.64. The molecule has 0 aliphatic carbocycles. The zero-order valence-corrected chi connectivity index (χ0v) is 6.43. The largest absolute Gasteiger partial charge is 0.382 e. The number of hydrogen-bond donors (Lipinski definition) is 1. The van der Waals surface area contributed by atoms with Gasteiger partial charge in [0, 0.05) is 0 Å². The molecule has 0 saturated carbocycles. The molecule has 0 aromatic carbocycles. The molecule has 0 rings (SSSR count). The molecule has 0 heterocycles. The van der Waals surface area contributed by atoms with Crippen LogP contribution in [0.2, 0.25) is 0 Å². The van der Waals surface area contributed by atoms with Crippen LogP contribution in [0.4, 0.5) is 0 Å². The van der Waals surface area contributed by atoms with Crippen molar-refractivity contribution in [2.45, 2.75) is 33.3 Å². The fourth-order valence-corrected chi connectivity index (χ4v) is 0.177. The fourth-order valence-electron chi connectivity index (χ4n) is 0.177. The Labute approximate surface area is 55.9 Å². The smallest absolute Gasteiger partial charge is 0.151 e. The second-order valence-corrected chi connectivity index (χ2v) is 3.52. The summed E-state index contributed by atoms with van der Waals surface area (Å²) in [5.74, 6) is 0. The Morgan fingerprint density at radius 2 is 1.56 bits per heavy atom. The molecule has 0 bridgehead atoms. The number of rotatable bonds is 1. The molecule has 1 atom stereocenters. The van der Waals surface area contributed by atoms with Gasteiger partial charge < -0.3 is 9.90 Å². The molecule has 0 aliphatic rings. The molecule has 2 nitrogen and oxygen atoms in total. The molecule has 2 heteroatoms. The maximum absolute atomic E-state index is 10.2. The Bertz CT molecular complexity index is 109. The lowest BCUT2D eigenvalue weighted by Crippen LogP contribution is -2.41. The van der Waals surface area contributed by atoms with Gasteiger partial charge in [-0.3, -0.25) is 0 Å². The normalized spacial score (nSPS) is 18.8. The molecule has 0 amide bonds. The Kier molecular flexibility index (Phi) is 2.02. The van der Waals surface area contributed by atoms with Crippen LogP contribution in [0, 0.1) is 5.41 Å². The van der Waals surface area contributed by atoms with Gasteiger partial charge in [-0.2, -0.15) is 0 Å². The lowest BCUT2D eigenvalue weighted by molar-refractivity contribution is -0.132. The molecule has 54 valence electrons. The zero-order chi connectivity index (χ0) is 7.71. The van der Waals surface area contributed by atoms with E-state index < -0.39 is 5.60 Å². The lowest BCUT2D eigenvalue weighted by atomic mass is 9.79. The van der Waals surface area contributed by atoms with Crippen LogP contribution >= 0.6 is 0 Å². The third kappa shape index (κ3) is 1.79. The monoisotopic (exact) mass is 130 g/mol. The summed E-state index contributed by atoms with van der Waals surface area (Å²) in [7, 11) is 0. The van der Waals surface area contributed by atoms with Gasteiger partial charge in [0.25, 0.3) is 0 Å². The van der Waals surface area contributed by atoms with E-state index in [0.29, 0.717) is 6.29 Å². The molecule has 1 N–H and O–H groups in total. The highest BCUT2D eigenvalue weighted by atomic mass is 16.3. The molecule has 0 aromatic rings. The molecule has 0 radical (unpaired) electrons. The zero-order valence-electron chi connectivity index (χ0n) is 6.43. The van der Waals surface area contributed by atoms with Gasteiger partial charge in [-0.25, -0.2) is 0 Å². The summed E-state index contributed by atoms with van der Waals surface area (Å²) in [6.45, 7) is 6.98. The van der Waals surface area contributed by atoms with Gasteiger partial charge >= 0.3 is 0 Å². The molecule has 0 fully saturated rings. The molecule has 0 spiro atoms. The van der Waals surface area contributed by atoms with E-state index in [1.165, 1.54) is 6.92 Å². The van der Waals surface area contributed by atoms with E-state index in [9.17, 15) is 9.90 Å². The predicted octanol–water partition coefficient (Wildman–Crippen LogP) is 0.982. The van der Waals surface area contributed by atoms with Crippen LogP contribution in [0.5, 0.6) is 0 Å². The Balaban J connectivity index is 4.32. The average molecular weight is 130 g/mol. The van der Waals surface area contributed by atoms with Gasteiger partial charge in [0.15, 0.2) is 6.29 Å². The predicted molar refractivity (Wildman–Crippen MR) is 36.1 cm³/mol. The van der Waals surface area contributed by atoms with E-state index >= 15 is 0 Å². The SMILES string of the molecule is CC(C)(C)[C@@](C)(O)C=O. The maximum atomic E-state index is 10.2. The highest BCUT2D eigenvalue weighted by molar-refractivity contribution is 5.62. The number of carbonyl (C=O) groups excluding carboxylic acids is 1. The minimum absolute atomic E-state index is 0.366. The fraction of sp³-hybridized carbons (Fsp3) is 0.857. The van der Waals surface area contributed by atoms with Gasteiger partial charge in [-0.05, 0) is 12.3 Å². The maximum Gasteiger partial charge on any atom is 0.151 e. The molecule has 0 saturated heterocycles. The first-order valence-corrected chi connectivity index (χ1v) is 3.00. The van der Waals surface area contributed by atoms with Crippen molar-refractivity contribution in [2.24, 2.45) is 5.41 Å². The van der Waals surface area contributed by atoms with Crippen molar-refractivity contribution in [1.82, 2.24) is 0 Å². The first kappa shape index (κ1) is 8.63. The van der Waals surface area contributed by atoms with E-state index in [1.54, 1.807) is 0 Å². The van der Waals surface area contributed by atoms with Crippen molar-refractivity contribution in [3.63, 3.8) is 0 Å². The van der Waals surface area contributed by atoms with E-state index in [4.69, 9.17) is 0 Å². The van der Waals surface area contributed by atoms with E-state index in [0.717, 1.165) is 0 Å². The summed E-state index contributed by atoms with van der Waals surface area (Å²) >= 11 is 0. The minimum atomic E-state index is -1.20. The Hall–Kier alpha value is -0.370. The molecular weight excluding hydrogens is 116 g/mol. The molecule has 9 heavy (non-hydrogen) atoms. The van der Waals surface area contributed by atoms with Gasteiger partial charge in [-0.15, -0.1) is 0 Å². The summed E-state index contributed by atoms with van der Waals surface area (Å²) < 4.78 is 0. The van der Waals surface area contributed by atoms with Crippen molar-refractivity contribution in [1.29, 1.82) is 0 Å². The molecule has 0 unspecified atom stereocenters. The minimum Gasteiger partial charge on any atom is -0.382 e. The summed E-state index contributed by atoms with van der Waals surface area (Å²) in [5, 5.41) is 9.29. The number of carbonyl (C=O) groups is 1. The third-order valence-corrected chi connectivity index (χ3v) is 1.75. The van der Waals surface area contributed by atoms with Gasteiger partial charge in [0.05, 0.1) is 0 Å². The van der Waals surface area contributed by atoms with Crippen LogP contribution in [0.25, 0.3) is 0 Å². The van der Waals surface area contributed by atoms with Crippen LogP contribution < -0.4 is 0 Å². The summed E-state index contributed by atoms with van der Waals surface area (Å²) in [6, 6.07) is 0. The highest BCUT2D eigenvalue weighted by Gasteiger charge is 2.34. The first-order valence-electron chi connectivity index (χ1n) is 3.00. The van der Waals surface area contributed by atoms with Gasteiger partial charge in [-0.1, -0.05) is 20.8 Å². The highest BCUT2D eigenvalue weighted by Crippen LogP contribution is 2.27. The van der Waals surface area contributed by atoms with Gasteiger partial charge in [0.2, 0.25) is 0 Å². The van der Waals surface area contributed by atoms with Crippen LogP contribution in [-0.2, 0) is 4.79 Å². The Morgan fingerprint density at radius 3 is 1.56 bits per heavy atom. The van der Waals surface area contributed by atoms with Crippen molar-refractivity contribution >= 4 is 6.29 Å². The van der Waals surface area contributed by atoms with E-state index in [2.05, 4.69) is 0 Å². The second-order valence-electron chi connectivity index (χ2n) is 3.52. The molecular formula is C7H14O2. The van der Waals surface area contributed by atoms with E-state index in [-0.39, 0.29) is 5.41 Å². The summed E-state index contributed by atoms with van der Waals surface area (Å²) in [6.07, 6.45) is 0.576. The van der Waals surface area contributed by atoms with Crippen molar-refractivity contribution < 1.29 is 9.90 Å². The topological polar surface area (TPSA) is 37.3 Å². The number of hydrogen-bond acceptors (Lipinski definition) is 2. The van der Waals surface area contributed by atoms with Crippen molar-refractivity contribution in [3.05, 3.63) is 0 Å². The summed E-state index contributed by atoms with van der Waals surface area (Å²) in [4.78, 5) is 10.2. The van der Waals surface area contributed by atoms with Crippen LogP contribution in [0.3, 0.4) is 0 Å². The van der Waals surface area contributed by atoms with Crippen molar-refractivity contribution in [2.75, 3.05) is 0 Å². The number of aldehydes is 1. The Morgan fingerprint density at radius 1 is 1.22 bits per heavy atom. The third-order valence-electron chi connectivity index (χ3n) is 1.75. The van der Waals surface area contributed by atoms with E-state index in [1.807, 2.05) is 20.8 Å².